The average Bonchev–Trinajstić information content (AvgIpc) is 3.25. The van der Waals surface area contributed by atoms with Crippen molar-refractivity contribution >= 4 is 12.0 Å². The molecule has 5 nitrogen and oxygen atoms in total. The van der Waals surface area contributed by atoms with Gasteiger partial charge in [0.05, 0.1) is 5.41 Å². The number of aliphatic carboxylic acids is 1. The summed E-state index contributed by atoms with van der Waals surface area (Å²) in [5.41, 5.74) is -0.684. The van der Waals surface area contributed by atoms with Crippen molar-refractivity contribution in [3.05, 3.63) is 0 Å². The van der Waals surface area contributed by atoms with Gasteiger partial charge in [-0.25, -0.2) is 4.79 Å². The van der Waals surface area contributed by atoms with Gasteiger partial charge in [0.15, 0.2) is 0 Å². The summed E-state index contributed by atoms with van der Waals surface area (Å²) in [5, 5.41) is 14.6. The molecule has 0 aliphatic heterocycles. The summed E-state index contributed by atoms with van der Waals surface area (Å²) in [6, 6.07) is -0.227. The Bertz CT molecular complexity index is 358. The van der Waals surface area contributed by atoms with Gasteiger partial charge in [0.2, 0.25) is 0 Å². The second-order valence-corrected chi connectivity index (χ2v) is 6.44. The predicted molar refractivity (Wildman–Crippen MR) is 76.4 cm³/mol. The van der Waals surface area contributed by atoms with Crippen LogP contribution in [0, 0.1) is 17.3 Å². The van der Waals surface area contributed by atoms with Gasteiger partial charge in [-0.15, -0.1) is 0 Å². The Hall–Kier alpha value is -1.26. The third-order valence-corrected chi connectivity index (χ3v) is 4.99. The highest BCUT2D eigenvalue weighted by Crippen LogP contribution is 2.45. The number of nitrogens with one attached hydrogen (secondary N) is 2. The standard InChI is InChI=1S/C15H26N2O3/c1-2-11-3-5-12(6-4-11)9-16-14(20)17-10-15(7-8-15)13(18)19/h11-12H,2-10H2,1H3,(H,18,19)(H2,16,17,20). The van der Waals surface area contributed by atoms with Crippen LogP contribution in [0.4, 0.5) is 4.79 Å². The van der Waals surface area contributed by atoms with Gasteiger partial charge in [0.1, 0.15) is 0 Å². The number of hydrogen-bond acceptors (Lipinski definition) is 2. The van der Waals surface area contributed by atoms with E-state index in [4.69, 9.17) is 5.11 Å². The number of carboxylic acids is 1. The van der Waals surface area contributed by atoms with Crippen LogP contribution in [0.5, 0.6) is 0 Å². The van der Waals surface area contributed by atoms with E-state index in [1.807, 2.05) is 0 Å². The van der Waals surface area contributed by atoms with Gasteiger partial charge in [-0.1, -0.05) is 26.2 Å². The lowest BCUT2D eigenvalue weighted by Gasteiger charge is -2.27. The molecule has 2 saturated carbocycles. The Morgan fingerprint density at radius 3 is 2.20 bits per heavy atom. The van der Waals surface area contributed by atoms with Crippen LogP contribution in [-0.4, -0.2) is 30.2 Å². The zero-order valence-corrected chi connectivity index (χ0v) is 12.3. The molecule has 0 bridgehead atoms. The van der Waals surface area contributed by atoms with E-state index in [1.165, 1.54) is 32.1 Å². The normalized spacial score (nSPS) is 27.6. The topological polar surface area (TPSA) is 78.4 Å². The fourth-order valence-electron chi connectivity index (χ4n) is 3.01. The number of carbonyl (C=O) groups excluding carboxylic acids is 1. The van der Waals surface area contributed by atoms with E-state index in [2.05, 4.69) is 17.6 Å². The van der Waals surface area contributed by atoms with Crippen molar-refractivity contribution in [2.75, 3.05) is 13.1 Å². The van der Waals surface area contributed by atoms with Crippen molar-refractivity contribution in [2.45, 2.75) is 51.9 Å². The van der Waals surface area contributed by atoms with E-state index < -0.39 is 11.4 Å². The SMILES string of the molecule is CCC1CCC(CNC(=O)NCC2(C(=O)O)CC2)CC1. The molecule has 0 heterocycles. The van der Waals surface area contributed by atoms with E-state index in [1.54, 1.807) is 0 Å². The lowest BCUT2D eigenvalue weighted by molar-refractivity contribution is -0.143. The first-order valence-corrected chi connectivity index (χ1v) is 7.81. The number of amides is 2. The van der Waals surface area contributed by atoms with Gasteiger partial charge in [-0.2, -0.15) is 0 Å². The van der Waals surface area contributed by atoms with E-state index in [0.717, 1.165) is 5.92 Å². The number of hydrogen-bond donors (Lipinski definition) is 3. The fourth-order valence-corrected chi connectivity index (χ4v) is 3.01. The Labute approximate surface area is 120 Å². The summed E-state index contributed by atoms with van der Waals surface area (Å²) >= 11 is 0. The Balaban J connectivity index is 1.60. The number of carboxylic acid groups (broad SMARTS) is 1. The van der Waals surface area contributed by atoms with Crippen LogP contribution in [-0.2, 0) is 4.79 Å². The van der Waals surface area contributed by atoms with Gasteiger partial charge in [0.25, 0.3) is 0 Å². The molecule has 2 aliphatic rings. The van der Waals surface area contributed by atoms with Gasteiger partial charge < -0.3 is 15.7 Å². The molecule has 20 heavy (non-hydrogen) atoms. The number of urea groups is 1. The third-order valence-electron chi connectivity index (χ3n) is 4.99. The molecule has 0 aromatic rings. The zero-order chi connectivity index (χ0) is 14.6. The molecule has 0 aromatic carbocycles. The molecule has 0 saturated heterocycles. The first-order valence-electron chi connectivity index (χ1n) is 7.81. The third kappa shape index (κ3) is 3.87. The van der Waals surface area contributed by atoms with Crippen LogP contribution >= 0.6 is 0 Å². The lowest BCUT2D eigenvalue weighted by Crippen LogP contribution is -2.42. The summed E-state index contributed by atoms with van der Waals surface area (Å²) in [5.74, 6) is 0.652. The molecule has 114 valence electrons. The van der Waals surface area contributed by atoms with Crippen LogP contribution in [0.15, 0.2) is 0 Å². The van der Waals surface area contributed by atoms with E-state index in [9.17, 15) is 9.59 Å². The highest BCUT2D eigenvalue weighted by Gasteiger charge is 2.50. The quantitative estimate of drug-likeness (QED) is 0.700. The molecule has 0 radical (unpaired) electrons. The molecule has 0 spiro atoms. The maximum atomic E-state index is 11.7. The summed E-state index contributed by atoms with van der Waals surface area (Å²) in [4.78, 5) is 22.7. The summed E-state index contributed by atoms with van der Waals surface area (Å²) in [6.45, 7) is 3.20. The molecule has 2 fully saturated rings. The van der Waals surface area contributed by atoms with Gasteiger partial charge in [0, 0.05) is 13.1 Å². The molecule has 0 atom stereocenters. The van der Waals surface area contributed by atoms with Crippen LogP contribution in [0.2, 0.25) is 0 Å². The molecule has 2 amide bonds. The molecule has 2 rings (SSSR count). The molecular formula is C15H26N2O3. The van der Waals surface area contributed by atoms with E-state index in [0.29, 0.717) is 25.3 Å². The Morgan fingerprint density at radius 1 is 1.10 bits per heavy atom. The summed E-state index contributed by atoms with van der Waals surface area (Å²) in [6.07, 6.45) is 7.53. The molecular weight excluding hydrogens is 256 g/mol. The molecule has 3 N–H and O–H groups in total. The van der Waals surface area contributed by atoms with Gasteiger partial charge >= 0.3 is 12.0 Å². The van der Waals surface area contributed by atoms with Gasteiger partial charge in [-0.3, -0.25) is 4.79 Å². The van der Waals surface area contributed by atoms with E-state index in [-0.39, 0.29) is 12.6 Å². The smallest absolute Gasteiger partial charge is 0.314 e. The fraction of sp³-hybridized carbons (Fsp3) is 0.867. The number of carbonyl (C=O) groups is 2. The van der Waals surface area contributed by atoms with Crippen molar-refractivity contribution in [2.24, 2.45) is 17.3 Å². The zero-order valence-electron chi connectivity index (χ0n) is 12.3. The molecule has 5 heteroatoms. The van der Waals surface area contributed by atoms with Crippen LogP contribution in [0.25, 0.3) is 0 Å². The minimum Gasteiger partial charge on any atom is -0.481 e. The summed E-state index contributed by atoms with van der Waals surface area (Å²) in [7, 11) is 0. The van der Waals surface area contributed by atoms with Crippen LogP contribution < -0.4 is 10.6 Å². The molecule has 0 unspecified atom stereocenters. The second kappa shape index (κ2) is 6.46. The summed E-state index contributed by atoms with van der Waals surface area (Å²) < 4.78 is 0. The second-order valence-electron chi connectivity index (χ2n) is 6.44. The van der Waals surface area contributed by atoms with Crippen molar-refractivity contribution in [3.63, 3.8) is 0 Å². The van der Waals surface area contributed by atoms with Crippen molar-refractivity contribution in [1.29, 1.82) is 0 Å². The maximum Gasteiger partial charge on any atom is 0.314 e. The Kier molecular flexibility index (Phi) is 4.89. The van der Waals surface area contributed by atoms with Crippen LogP contribution in [0.3, 0.4) is 0 Å². The first kappa shape index (κ1) is 15.1. The largest absolute Gasteiger partial charge is 0.481 e. The monoisotopic (exact) mass is 282 g/mol. The highest BCUT2D eigenvalue weighted by molar-refractivity contribution is 5.80. The number of rotatable bonds is 6. The van der Waals surface area contributed by atoms with Crippen molar-refractivity contribution in [1.82, 2.24) is 10.6 Å². The van der Waals surface area contributed by atoms with Gasteiger partial charge in [-0.05, 0) is 37.5 Å². The Morgan fingerprint density at radius 2 is 1.70 bits per heavy atom. The van der Waals surface area contributed by atoms with Crippen LogP contribution in [0.1, 0.15) is 51.9 Å². The van der Waals surface area contributed by atoms with Crippen molar-refractivity contribution in [3.8, 4) is 0 Å². The molecule has 2 aliphatic carbocycles. The highest BCUT2D eigenvalue weighted by atomic mass is 16.4. The maximum absolute atomic E-state index is 11.7. The minimum atomic E-state index is -0.796. The van der Waals surface area contributed by atoms with Crippen molar-refractivity contribution < 1.29 is 14.7 Å². The van der Waals surface area contributed by atoms with E-state index >= 15 is 0 Å². The predicted octanol–water partition coefficient (Wildman–Crippen LogP) is 2.37. The average molecular weight is 282 g/mol. The molecule has 0 aromatic heterocycles. The minimum absolute atomic E-state index is 0.227. The lowest BCUT2D eigenvalue weighted by atomic mass is 9.81. The first-order chi connectivity index (χ1) is 9.55.